The minimum Gasteiger partial charge on any atom is -0.379 e. The van der Waals surface area contributed by atoms with Gasteiger partial charge in [0, 0.05) is 12.8 Å². The van der Waals surface area contributed by atoms with Crippen LogP contribution < -0.4 is 0 Å². The summed E-state index contributed by atoms with van der Waals surface area (Å²) in [5.74, 6) is 0. The normalized spacial score (nSPS) is 10.9. The highest BCUT2D eigenvalue weighted by Crippen LogP contribution is 1.93. The second-order valence-corrected chi connectivity index (χ2v) is 3.90. The molecule has 0 atom stereocenters. The van der Waals surface area contributed by atoms with Gasteiger partial charge in [-0.15, -0.1) is 5.10 Å². The standard InChI is InChI=1S/C12H23N3O2/c1-3-5-7-16-9-10-17-8-6-15-11-12(4-2)13-14-15/h11H,3-10H2,1-2H3. The SMILES string of the molecule is CCCCOCCOCCn1cc(CC)nn1. The highest BCUT2D eigenvalue weighted by atomic mass is 16.5. The second-order valence-electron chi connectivity index (χ2n) is 3.90. The third kappa shape index (κ3) is 6.38. The summed E-state index contributed by atoms with van der Waals surface area (Å²) in [7, 11) is 0. The molecule has 0 fully saturated rings. The second kappa shape index (κ2) is 9.13. The molecule has 0 saturated carbocycles. The van der Waals surface area contributed by atoms with Crippen molar-refractivity contribution < 1.29 is 9.47 Å². The molecule has 1 aromatic rings. The predicted octanol–water partition coefficient (Wildman–Crippen LogP) is 1.67. The van der Waals surface area contributed by atoms with Crippen molar-refractivity contribution in [3.63, 3.8) is 0 Å². The van der Waals surface area contributed by atoms with Crippen LogP contribution >= 0.6 is 0 Å². The zero-order valence-electron chi connectivity index (χ0n) is 10.9. The maximum absolute atomic E-state index is 5.45. The smallest absolute Gasteiger partial charge is 0.0824 e. The molecule has 1 heterocycles. The van der Waals surface area contributed by atoms with E-state index in [4.69, 9.17) is 9.47 Å². The number of nitrogens with zero attached hydrogens (tertiary/aromatic N) is 3. The fourth-order valence-corrected chi connectivity index (χ4v) is 1.34. The molecule has 0 bridgehead atoms. The van der Waals surface area contributed by atoms with Gasteiger partial charge in [-0.1, -0.05) is 25.5 Å². The number of aryl methyl sites for hydroxylation is 1. The van der Waals surface area contributed by atoms with Gasteiger partial charge in [-0.05, 0) is 12.8 Å². The van der Waals surface area contributed by atoms with Crippen LogP contribution in [-0.2, 0) is 22.4 Å². The van der Waals surface area contributed by atoms with E-state index in [1.54, 1.807) is 0 Å². The van der Waals surface area contributed by atoms with Gasteiger partial charge in [0.1, 0.15) is 0 Å². The largest absolute Gasteiger partial charge is 0.379 e. The minimum atomic E-state index is 0.652. The Morgan fingerprint density at radius 1 is 1.12 bits per heavy atom. The molecule has 0 spiro atoms. The Balaban J connectivity index is 1.93. The predicted molar refractivity (Wildman–Crippen MR) is 65.9 cm³/mol. The van der Waals surface area contributed by atoms with Gasteiger partial charge in [-0.25, -0.2) is 4.68 Å². The molecule has 0 amide bonds. The zero-order chi connectivity index (χ0) is 12.3. The molecule has 5 nitrogen and oxygen atoms in total. The van der Waals surface area contributed by atoms with Crippen LogP contribution in [-0.4, -0.2) is 41.4 Å². The maximum atomic E-state index is 5.45. The molecule has 0 N–H and O–H groups in total. The van der Waals surface area contributed by atoms with Gasteiger partial charge in [-0.2, -0.15) is 0 Å². The van der Waals surface area contributed by atoms with Gasteiger partial charge >= 0.3 is 0 Å². The summed E-state index contributed by atoms with van der Waals surface area (Å²) in [5.41, 5.74) is 1.02. The lowest BCUT2D eigenvalue weighted by Gasteiger charge is -2.05. The Labute approximate surface area is 103 Å². The Bertz CT molecular complexity index is 289. The fraction of sp³-hybridized carbons (Fsp3) is 0.833. The summed E-state index contributed by atoms with van der Waals surface area (Å²) >= 11 is 0. The van der Waals surface area contributed by atoms with Gasteiger partial charge in [0.25, 0.3) is 0 Å². The summed E-state index contributed by atoms with van der Waals surface area (Å²) in [4.78, 5) is 0. The summed E-state index contributed by atoms with van der Waals surface area (Å²) in [6.07, 6.45) is 5.18. The van der Waals surface area contributed by atoms with Crippen molar-refractivity contribution in [2.24, 2.45) is 0 Å². The Morgan fingerprint density at radius 2 is 1.88 bits per heavy atom. The first kappa shape index (κ1) is 14.1. The van der Waals surface area contributed by atoms with Gasteiger partial charge < -0.3 is 9.47 Å². The van der Waals surface area contributed by atoms with Crippen molar-refractivity contribution in [3.8, 4) is 0 Å². The van der Waals surface area contributed by atoms with Crippen molar-refractivity contribution in [3.05, 3.63) is 11.9 Å². The highest BCUT2D eigenvalue weighted by Gasteiger charge is 1.97. The van der Waals surface area contributed by atoms with Gasteiger partial charge in [-0.3, -0.25) is 0 Å². The van der Waals surface area contributed by atoms with E-state index in [9.17, 15) is 0 Å². The van der Waals surface area contributed by atoms with Gasteiger partial charge in [0.2, 0.25) is 0 Å². The summed E-state index contributed by atoms with van der Waals surface area (Å²) in [6.45, 7) is 7.80. The molecule has 5 heteroatoms. The van der Waals surface area contributed by atoms with Crippen LogP contribution in [0.3, 0.4) is 0 Å². The van der Waals surface area contributed by atoms with Crippen LogP contribution in [0.2, 0.25) is 0 Å². The first-order chi connectivity index (χ1) is 8.36. The molecule has 0 aliphatic heterocycles. The van der Waals surface area contributed by atoms with E-state index < -0.39 is 0 Å². The van der Waals surface area contributed by atoms with Gasteiger partial charge in [0.05, 0.1) is 32.1 Å². The maximum Gasteiger partial charge on any atom is 0.0824 e. The molecule has 17 heavy (non-hydrogen) atoms. The van der Waals surface area contributed by atoms with E-state index in [0.717, 1.165) is 31.7 Å². The first-order valence-corrected chi connectivity index (χ1v) is 6.41. The quantitative estimate of drug-likeness (QED) is 0.585. The van der Waals surface area contributed by atoms with Crippen molar-refractivity contribution in [2.45, 2.75) is 39.7 Å². The molecule has 98 valence electrons. The van der Waals surface area contributed by atoms with Crippen LogP contribution in [0.4, 0.5) is 0 Å². The van der Waals surface area contributed by atoms with Crippen molar-refractivity contribution in [1.29, 1.82) is 0 Å². The zero-order valence-corrected chi connectivity index (χ0v) is 10.9. The minimum absolute atomic E-state index is 0.652. The first-order valence-electron chi connectivity index (χ1n) is 6.41. The van der Waals surface area contributed by atoms with E-state index in [-0.39, 0.29) is 0 Å². The number of ether oxygens (including phenoxy) is 2. The van der Waals surface area contributed by atoms with Crippen molar-refractivity contribution >= 4 is 0 Å². The van der Waals surface area contributed by atoms with Crippen molar-refractivity contribution in [1.82, 2.24) is 15.0 Å². The van der Waals surface area contributed by atoms with Gasteiger partial charge in [0.15, 0.2) is 0 Å². The van der Waals surface area contributed by atoms with E-state index >= 15 is 0 Å². The molecule has 1 rings (SSSR count). The van der Waals surface area contributed by atoms with Crippen LogP contribution in [0.5, 0.6) is 0 Å². The average molecular weight is 241 g/mol. The number of hydrogen-bond acceptors (Lipinski definition) is 4. The summed E-state index contributed by atoms with van der Waals surface area (Å²) in [6, 6.07) is 0. The molecule has 0 aromatic carbocycles. The lowest BCUT2D eigenvalue weighted by atomic mass is 10.4. The molecule has 0 aliphatic rings. The topological polar surface area (TPSA) is 49.2 Å². The summed E-state index contributed by atoms with van der Waals surface area (Å²) < 4.78 is 12.7. The van der Waals surface area contributed by atoms with Crippen molar-refractivity contribution in [2.75, 3.05) is 26.4 Å². The Kier molecular flexibility index (Phi) is 7.58. The third-order valence-corrected chi connectivity index (χ3v) is 2.43. The highest BCUT2D eigenvalue weighted by molar-refractivity contribution is 4.90. The van der Waals surface area contributed by atoms with E-state index in [0.29, 0.717) is 19.8 Å². The number of hydrogen-bond donors (Lipinski definition) is 0. The lowest BCUT2D eigenvalue weighted by Crippen LogP contribution is -2.10. The lowest BCUT2D eigenvalue weighted by molar-refractivity contribution is 0.0429. The summed E-state index contributed by atoms with van der Waals surface area (Å²) in [5, 5.41) is 8.02. The number of unbranched alkanes of at least 4 members (excludes halogenated alkanes) is 1. The fourth-order valence-electron chi connectivity index (χ4n) is 1.34. The van der Waals surface area contributed by atoms with E-state index in [1.807, 2.05) is 10.9 Å². The molecule has 1 aromatic heterocycles. The third-order valence-electron chi connectivity index (χ3n) is 2.43. The number of aromatic nitrogens is 3. The Hall–Kier alpha value is -0.940. The molecule has 0 radical (unpaired) electrons. The Morgan fingerprint density at radius 3 is 2.53 bits per heavy atom. The van der Waals surface area contributed by atoms with Crippen LogP contribution in [0, 0.1) is 0 Å². The number of rotatable bonds is 10. The molecule has 0 saturated heterocycles. The van der Waals surface area contributed by atoms with E-state index in [2.05, 4.69) is 24.2 Å². The van der Waals surface area contributed by atoms with Crippen LogP contribution in [0.25, 0.3) is 0 Å². The van der Waals surface area contributed by atoms with Crippen LogP contribution in [0.1, 0.15) is 32.4 Å². The molecular formula is C12H23N3O2. The molecule has 0 unspecified atom stereocenters. The van der Waals surface area contributed by atoms with E-state index in [1.165, 1.54) is 6.42 Å². The molecule has 0 aliphatic carbocycles. The average Bonchev–Trinajstić information content (AvgIpc) is 2.80. The molecular weight excluding hydrogens is 218 g/mol. The van der Waals surface area contributed by atoms with Crippen LogP contribution in [0.15, 0.2) is 6.20 Å². The monoisotopic (exact) mass is 241 g/mol.